The summed E-state index contributed by atoms with van der Waals surface area (Å²) >= 11 is 8.77. The Morgan fingerprint density at radius 3 is 2.72 bits per heavy atom. The number of nitrogens with zero attached hydrogens (tertiary/aromatic N) is 4. The molecule has 0 bridgehead atoms. The Labute approximate surface area is 166 Å². The standard InChI is InChI=1S/C18H21ClIN5/c1-5-9(2)12-7-25(17-14(12)16(19)23-18(21)24-17)8-13-11(4)15(20)10(3)6-22-13/h6-7,9H,5,8H2,1-4H3,(H2,21,23,24). The number of aryl methyl sites for hydroxylation is 1. The Morgan fingerprint density at radius 1 is 1.32 bits per heavy atom. The average molecular weight is 470 g/mol. The fraction of sp³-hybridized carbons (Fsp3) is 0.389. The lowest BCUT2D eigenvalue weighted by atomic mass is 10.00. The number of nitrogen functional groups attached to an aromatic ring is 1. The molecular formula is C18H21ClIN5. The van der Waals surface area contributed by atoms with Gasteiger partial charge in [0.2, 0.25) is 5.95 Å². The van der Waals surface area contributed by atoms with E-state index in [1.54, 1.807) is 0 Å². The summed E-state index contributed by atoms with van der Waals surface area (Å²) in [6, 6.07) is 0. The molecule has 0 amide bonds. The molecule has 0 aliphatic rings. The van der Waals surface area contributed by atoms with Crippen LogP contribution in [0.4, 0.5) is 5.95 Å². The van der Waals surface area contributed by atoms with E-state index in [0.29, 0.717) is 17.6 Å². The van der Waals surface area contributed by atoms with Crippen molar-refractivity contribution in [2.24, 2.45) is 0 Å². The first-order valence-electron chi connectivity index (χ1n) is 8.25. The molecule has 3 rings (SSSR count). The molecule has 3 aromatic rings. The number of fused-ring (bicyclic) bond motifs is 1. The van der Waals surface area contributed by atoms with Gasteiger partial charge in [-0.3, -0.25) is 4.98 Å². The SMILES string of the molecule is CCC(C)c1cn(Cc2ncc(C)c(I)c2C)c2nc(N)nc(Cl)c12. The van der Waals surface area contributed by atoms with Gasteiger partial charge in [-0.05, 0) is 65.5 Å². The highest BCUT2D eigenvalue weighted by atomic mass is 127. The number of pyridine rings is 1. The molecule has 2 N–H and O–H groups in total. The van der Waals surface area contributed by atoms with Crippen LogP contribution in [-0.2, 0) is 6.54 Å². The van der Waals surface area contributed by atoms with Gasteiger partial charge in [-0.25, -0.2) is 4.98 Å². The molecule has 0 fully saturated rings. The van der Waals surface area contributed by atoms with Gasteiger partial charge in [0.15, 0.2) is 0 Å². The molecule has 0 radical (unpaired) electrons. The maximum absolute atomic E-state index is 6.40. The Hall–Kier alpha value is -1.41. The van der Waals surface area contributed by atoms with Crippen molar-refractivity contribution in [2.75, 3.05) is 5.73 Å². The molecular weight excluding hydrogens is 449 g/mol. The molecule has 0 aliphatic carbocycles. The highest BCUT2D eigenvalue weighted by molar-refractivity contribution is 14.1. The molecule has 5 nitrogen and oxygen atoms in total. The van der Waals surface area contributed by atoms with E-state index in [1.807, 2.05) is 6.20 Å². The normalized spacial score (nSPS) is 12.7. The van der Waals surface area contributed by atoms with Crippen LogP contribution in [0.2, 0.25) is 5.15 Å². The number of aromatic nitrogens is 4. The quantitative estimate of drug-likeness (QED) is 0.438. The maximum Gasteiger partial charge on any atom is 0.223 e. The summed E-state index contributed by atoms with van der Waals surface area (Å²) in [6.07, 6.45) is 5.05. The van der Waals surface area contributed by atoms with Crippen molar-refractivity contribution >= 4 is 51.2 Å². The minimum atomic E-state index is 0.190. The first-order chi connectivity index (χ1) is 11.8. The van der Waals surface area contributed by atoms with Gasteiger partial charge in [-0.2, -0.15) is 4.98 Å². The predicted octanol–water partition coefficient (Wildman–Crippen LogP) is 4.85. The van der Waals surface area contributed by atoms with Crippen LogP contribution >= 0.6 is 34.2 Å². The van der Waals surface area contributed by atoms with Gasteiger partial charge in [0, 0.05) is 16.0 Å². The minimum Gasteiger partial charge on any atom is -0.368 e. The zero-order valence-corrected chi connectivity index (χ0v) is 17.7. The van der Waals surface area contributed by atoms with Gasteiger partial charge < -0.3 is 10.3 Å². The molecule has 3 aromatic heterocycles. The molecule has 0 aliphatic heterocycles. The lowest BCUT2D eigenvalue weighted by Gasteiger charge is -2.10. The molecule has 1 unspecified atom stereocenters. The summed E-state index contributed by atoms with van der Waals surface area (Å²) in [5.41, 5.74) is 11.2. The fourth-order valence-electron chi connectivity index (χ4n) is 2.97. The van der Waals surface area contributed by atoms with E-state index in [0.717, 1.165) is 28.7 Å². The van der Waals surface area contributed by atoms with Gasteiger partial charge in [-0.15, -0.1) is 0 Å². The third kappa shape index (κ3) is 3.33. The first-order valence-corrected chi connectivity index (χ1v) is 9.71. The minimum absolute atomic E-state index is 0.190. The van der Waals surface area contributed by atoms with Gasteiger partial charge in [-0.1, -0.05) is 25.4 Å². The molecule has 1 atom stereocenters. The number of hydrogen-bond acceptors (Lipinski definition) is 4. The number of anilines is 1. The topological polar surface area (TPSA) is 69.6 Å². The second kappa shape index (κ2) is 7.07. The fourth-order valence-corrected chi connectivity index (χ4v) is 3.70. The van der Waals surface area contributed by atoms with Gasteiger partial charge >= 0.3 is 0 Å². The van der Waals surface area contributed by atoms with Crippen LogP contribution in [-0.4, -0.2) is 19.5 Å². The second-order valence-corrected chi connectivity index (χ2v) is 7.86. The summed E-state index contributed by atoms with van der Waals surface area (Å²) in [6.45, 7) is 9.15. The number of nitrogens with two attached hydrogens (primary N) is 1. The van der Waals surface area contributed by atoms with E-state index >= 15 is 0 Å². The van der Waals surface area contributed by atoms with Crippen molar-refractivity contribution in [3.05, 3.63) is 43.5 Å². The number of rotatable bonds is 4. The summed E-state index contributed by atoms with van der Waals surface area (Å²) in [5.74, 6) is 0.552. The van der Waals surface area contributed by atoms with Crippen molar-refractivity contribution in [3.63, 3.8) is 0 Å². The molecule has 25 heavy (non-hydrogen) atoms. The third-order valence-corrected chi connectivity index (χ3v) is 6.64. The van der Waals surface area contributed by atoms with Crippen LogP contribution in [0, 0.1) is 17.4 Å². The molecule has 0 saturated heterocycles. The lowest BCUT2D eigenvalue weighted by Crippen LogP contribution is -2.06. The third-order valence-electron chi connectivity index (χ3n) is 4.70. The Balaban J connectivity index is 2.18. The van der Waals surface area contributed by atoms with Crippen molar-refractivity contribution in [1.82, 2.24) is 19.5 Å². The van der Waals surface area contributed by atoms with Crippen LogP contribution in [0.5, 0.6) is 0 Å². The highest BCUT2D eigenvalue weighted by Crippen LogP contribution is 2.33. The lowest BCUT2D eigenvalue weighted by molar-refractivity contribution is 0.724. The average Bonchev–Trinajstić information content (AvgIpc) is 2.93. The number of hydrogen-bond donors (Lipinski definition) is 1. The molecule has 0 spiro atoms. The molecule has 7 heteroatoms. The van der Waals surface area contributed by atoms with E-state index in [4.69, 9.17) is 17.3 Å². The zero-order valence-electron chi connectivity index (χ0n) is 14.8. The maximum atomic E-state index is 6.40. The molecule has 132 valence electrons. The smallest absolute Gasteiger partial charge is 0.223 e. The Kier molecular flexibility index (Phi) is 5.20. The number of halogens is 2. The Bertz CT molecular complexity index is 951. The van der Waals surface area contributed by atoms with Crippen LogP contribution in [0.1, 0.15) is 48.6 Å². The van der Waals surface area contributed by atoms with Crippen LogP contribution in [0.3, 0.4) is 0 Å². The summed E-state index contributed by atoms with van der Waals surface area (Å²) < 4.78 is 3.33. The largest absolute Gasteiger partial charge is 0.368 e. The molecule has 3 heterocycles. The summed E-state index contributed by atoms with van der Waals surface area (Å²) in [4.78, 5) is 13.2. The van der Waals surface area contributed by atoms with Crippen LogP contribution in [0.15, 0.2) is 12.4 Å². The van der Waals surface area contributed by atoms with Gasteiger partial charge in [0.25, 0.3) is 0 Å². The molecule has 0 aromatic carbocycles. The Morgan fingerprint density at radius 2 is 2.04 bits per heavy atom. The zero-order chi connectivity index (χ0) is 18.3. The van der Waals surface area contributed by atoms with Gasteiger partial charge in [0.1, 0.15) is 10.8 Å². The summed E-state index contributed by atoms with van der Waals surface area (Å²) in [7, 11) is 0. The van der Waals surface area contributed by atoms with Crippen molar-refractivity contribution in [1.29, 1.82) is 0 Å². The van der Waals surface area contributed by atoms with E-state index in [-0.39, 0.29) is 5.95 Å². The molecule has 0 saturated carbocycles. The van der Waals surface area contributed by atoms with Crippen molar-refractivity contribution < 1.29 is 0 Å². The van der Waals surface area contributed by atoms with Crippen LogP contribution < -0.4 is 5.73 Å². The van der Waals surface area contributed by atoms with E-state index in [9.17, 15) is 0 Å². The highest BCUT2D eigenvalue weighted by Gasteiger charge is 2.19. The summed E-state index contributed by atoms with van der Waals surface area (Å²) in [5, 5.41) is 1.31. The van der Waals surface area contributed by atoms with E-state index in [2.05, 4.69) is 76.0 Å². The van der Waals surface area contributed by atoms with Crippen LogP contribution in [0.25, 0.3) is 11.0 Å². The van der Waals surface area contributed by atoms with E-state index in [1.165, 1.54) is 14.7 Å². The van der Waals surface area contributed by atoms with Crippen molar-refractivity contribution in [3.8, 4) is 0 Å². The van der Waals surface area contributed by atoms with Crippen molar-refractivity contribution in [2.45, 2.75) is 46.6 Å². The first kappa shape index (κ1) is 18.4. The van der Waals surface area contributed by atoms with E-state index < -0.39 is 0 Å². The second-order valence-electron chi connectivity index (χ2n) is 6.42. The van der Waals surface area contributed by atoms with Gasteiger partial charge in [0.05, 0.1) is 17.6 Å². The predicted molar refractivity (Wildman–Crippen MR) is 111 cm³/mol. The monoisotopic (exact) mass is 469 g/mol.